The Morgan fingerprint density at radius 2 is 2.26 bits per heavy atom. The average molecular weight is 316 g/mol. The molecule has 0 spiro atoms. The highest BCUT2D eigenvalue weighted by Crippen LogP contribution is 2.32. The van der Waals surface area contributed by atoms with Crippen molar-refractivity contribution in [3.8, 4) is 0 Å². The number of nitrogens with zero attached hydrogens (tertiary/aromatic N) is 3. The van der Waals surface area contributed by atoms with Gasteiger partial charge in [0.05, 0.1) is 18.8 Å². The number of carbonyl (C=O) groups is 1. The molecule has 0 radical (unpaired) electrons. The Morgan fingerprint density at radius 1 is 1.43 bits per heavy atom. The Kier molecular flexibility index (Phi) is 4.52. The first-order valence-electron chi connectivity index (χ1n) is 8.13. The monoisotopic (exact) mass is 316 g/mol. The summed E-state index contributed by atoms with van der Waals surface area (Å²) >= 11 is 0. The standard InChI is InChI=1S/C17H24N4O2/c1-12-10-19-16(23-12)11-21-9-5-4-6-14(21)13-7-8-15(20(13)3)17(22)18-2/h7-8,10,14H,4-6,9,11H2,1-3H3,(H,18,22)/t14-/m1/s1. The number of aryl methyl sites for hydroxylation is 1. The lowest BCUT2D eigenvalue weighted by Crippen LogP contribution is -2.34. The third-order valence-corrected chi connectivity index (χ3v) is 4.58. The maximum Gasteiger partial charge on any atom is 0.267 e. The van der Waals surface area contributed by atoms with Gasteiger partial charge < -0.3 is 14.3 Å². The SMILES string of the molecule is CNC(=O)c1ccc([C@H]2CCCCN2Cc2ncc(C)o2)n1C. The minimum atomic E-state index is -0.0514. The molecule has 2 aromatic rings. The fourth-order valence-electron chi connectivity index (χ4n) is 3.38. The lowest BCUT2D eigenvalue weighted by molar-refractivity contribution is 0.0951. The molecule has 1 aliphatic heterocycles. The van der Waals surface area contributed by atoms with Crippen LogP contribution < -0.4 is 5.32 Å². The van der Waals surface area contributed by atoms with Crippen LogP contribution in [-0.4, -0.2) is 34.0 Å². The van der Waals surface area contributed by atoms with Crippen molar-refractivity contribution < 1.29 is 9.21 Å². The molecule has 1 amide bonds. The Labute approximate surface area is 136 Å². The molecule has 23 heavy (non-hydrogen) atoms. The van der Waals surface area contributed by atoms with E-state index in [1.54, 1.807) is 13.2 Å². The first-order valence-corrected chi connectivity index (χ1v) is 8.13. The molecule has 1 fully saturated rings. The van der Waals surface area contributed by atoms with E-state index in [0.717, 1.165) is 24.6 Å². The summed E-state index contributed by atoms with van der Waals surface area (Å²) in [5.74, 6) is 1.55. The lowest BCUT2D eigenvalue weighted by atomic mass is 9.99. The number of hydrogen-bond donors (Lipinski definition) is 1. The first kappa shape index (κ1) is 15.8. The van der Waals surface area contributed by atoms with Gasteiger partial charge in [0.2, 0.25) is 5.89 Å². The van der Waals surface area contributed by atoms with Crippen molar-refractivity contribution in [3.05, 3.63) is 41.4 Å². The molecule has 1 N–H and O–H groups in total. The summed E-state index contributed by atoms with van der Waals surface area (Å²) in [6, 6.07) is 4.25. The van der Waals surface area contributed by atoms with Crippen LogP contribution in [0.25, 0.3) is 0 Å². The number of rotatable bonds is 4. The highest BCUT2D eigenvalue weighted by atomic mass is 16.4. The zero-order valence-electron chi connectivity index (χ0n) is 14.0. The fraction of sp³-hybridized carbons (Fsp3) is 0.529. The number of nitrogens with one attached hydrogen (secondary N) is 1. The van der Waals surface area contributed by atoms with Gasteiger partial charge >= 0.3 is 0 Å². The molecule has 1 aliphatic rings. The summed E-state index contributed by atoms with van der Waals surface area (Å²) in [5, 5.41) is 2.69. The number of hydrogen-bond acceptors (Lipinski definition) is 4. The van der Waals surface area contributed by atoms with E-state index in [0.29, 0.717) is 18.3 Å². The third kappa shape index (κ3) is 3.17. The Balaban J connectivity index is 1.84. The fourth-order valence-corrected chi connectivity index (χ4v) is 3.38. The summed E-state index contributed by atoms with van der Waals surface area (Å²) in [5.41, 5.74) is 1.87. The molecular weight excluding hydrogens is 292 g/mol. The predicted octanol–water partition coefficient (Wildman–Crippen LogP) is 2.41. The van der Waals surface area contributed by atoms with E-state index in [4.69, 9.17) is 4.42 Å². The Hall–Kier alpha value is -2.08. The van der Waals surface area contributed by atoms with Crippen LogP contribution in [0.3, 0.4) is 0 Å². The summed E-state index contributed by atoms with van der Waals surface area (Å²) < 4.78 is 7.64. The highest BCUT2D eigenvalue weighted by molar-refractivity contribution is 5.92. The highest BCUT2D eigenvalue weighted by Gasteiger charge is 2.28. The molecule has 0 aliphatic carbocycles. The van der Waals surface area contributed by atoms with Gasteiger partial charge in [-0.25, -0.2) is 4.98 Å². The van der Waals surface area contributed by atoms with Crippen LogP contribution in [-0.2, 0) is 13.6 Å². The molecule has 1 atom stereocenters. The van der Waals surface area contributed by atoms with E-state index in [2.05, 4.69) is 21.3 Å². The van der Waals surface area contributed by atoms with Gasteiger partial charge in [0, 0.05) is 19.8 Å². The van der Waals surface area contributed by atoms with Crippen molar-refractivity contribution in [3.63, 3.8) is 0 Å². The van der Waals surface area contributed by atoms with Gasteiger partial charge in [-0.1, -0.05) is 6.42 Å². The summed E-state index contributed by atoms with van der Waals surface area (Å²) in [6.45, 7) is 3.64. The van der Waals surface area contributed by atoms with E-state index < -0.39 is 0 Å². The number of aromatic nitrogens is 2. The number of amides is 1. The van der Waals surface area contributed by atoms with E-state index in [-0.39, 0.29) is 5.91 Å². The van der Waals surface area contributed by atoms with Gasteiger partial charge in [-0.2, -0.15) is 0 Å². The van der Waals surface area contributed by atoms with Crippen LogP contribution in [0.5, 0.6) is 0 Å². The first-order chi connectivity index (χ1) is 11.1. The van der Waals surface area contributed by atoms with Gasteiger partial charge in [-0.05, 0) is 38.4 Å². The topological polar surface area (TPSA) is 63.3 Å². The predicted molar refractivity (Wildman–Crippen MR) is 87.0 cm³/mol. The molecule has 6 nitrogen and oxygen atoms in total. The van der Waals surface area contributed by atoms with Crippen LogP contribution in [0.15, 0.2) is 22.7 Å². The zero-order valence-corrected chi connectivity index (χ0v) is 14.0. The number of carbonyl (C=O) groups excluding carboxylic acids is 1. The molecule has 124 valence electrons. The Morgan fingerprint density at radius 3 is 2.96 bits per heavy atom. The summed E-state index contributed by atoms with van der Waals surface area (Å²) in [7, 11) is 3.62. The molecule has 3 rings (SSSR count). The molecule has 0 unspecified atom stereocenters. The van der Waals surface area contributed by atoms with E-state index in [9.17, 15) is 4.79 Å². The molecule has 0 bridgehead atoms. The molecule has 3 heterocycles. The molecule has 1 saturated heterocycles. The third-order valence-electron chi connectivity index (χ3n) is 4.58. The van der Waals surface area contributed by atoms with Crippen LogP contribution >= 0.6 is 0 Å². The van der Waals surface area contributed by atoms with Crippen molar-refractivity contribution in [1.82, 2.24) is 19.8 Å². The quantitative estimate of drug-likeness (QED) is 0.941. The maximum atomic E-state index is 11.9. The van der Waals surface area contributed by atoms with Crippen molar-refractivity contribution in [1.29, 1.82) is 0 Å². The van der Waals surface area contributed by atoms with Crippen LogP contribution in [0.2, 0.25) is 0 Å². The molecule has 2 aromatic heterocycles. The van der Waals surface area contributed by atoms with Gasteiger partial charge in [0.25, 0.3) is 5.91 Å². The average Bonchev–Trinajstić information content (AvgIpc) is 3.13. The van der Waals surface area contributed by atoms with E-state index >= 15 is 0 Å². The van der Waals surface area contributed by atoms with E-state index in [1.165, 1.54) is 18.5 Å². The second-order valence-electron chi connectivity index (χ2n) is 6.13. The summed E-state index contributed by atoms with van der Waals surface area (Å²) in [4.78, 5) is 18.7. The zero-order chi connectivity index (χ0) is 16.4. The number of likely N-dealkylation sites (tertiary alicyclic amines) is 1. The summed E-state index contributed by atoms with van der Waals surface area (Å²) in [6.07, 6.45) is 5.24. The molecule has 6 heteroatoms. The minimum absolute atomic E-state index is 0.0514. The second-order valence-corrected chi connectivity index (χ2v) is 6.13. The van der Waals surface area contributed by atoms with Crippen LogP contribution in [0, 0.1) is 6.92 Å². The second kappa shape index (κ2) is 6.58. The van der Waals surface area contributed by atoms with Crippen molar-refractivity contribution in [2.75, 3.05) is 13.6 Å². The number of oxazole rings is 1. The smallest absolute Gasteiger partial charge is 0.267 e. The molecule has 0 aromatic carbocycles. The van der Waals surface area contributed by atoms with Gasteiger partial charge in [-0.15, -0.1) is 0 Å². The minimum Gasteiger partial charge on any atom is -0.445 e. The van der Waals surface area contributed by atoms with Crippen molar-refractivity contribution in [2.24, 2.45) is 7.05 Å². The van der Waals surface area contributed by atoms with E-state index in [1.807, 2.05) is 24.6 Å². The van der Waals surface area contributed by atoms with Gasteiger partial charge in [0.15, 0.2) is 0 Å². The van der Waals surface area contributed by atoms with Crippen molar-refractivity contribution in [2.45, 2.75) is 38.8 Å². The number of piperidine rings is 1. The lowest BCUT2D eigenvalue weighted by Gasteiger charge is -2.35. The Bertz CT molecular complexity index is 689. The normalized spacial score (nSPS) is 19.0. The van der Waals surface area contributed by atoms with Crippen LogP contribution in [0.4, 0.5) is 0 Å². The van der Waals surface area contributed by atoms with Crippen LogP contribution in [0.1, 0.15) is 53.1 Å². The molecule has 0 saturated carbocycles. The van der Waals surface area contributed by atoms with Crippen molar-refractivity contribution >= 4 is 5.91 Å². The largest absolute Gasteiger partial charge is 0.445 e. The van der Waals surface area contributed by atoms with Gasteiger partial charge in [-0.3, -0.25) is 9.69 Å². The molecular formula is C17H24N4O2. The maximum absolute atomic E-state index is 11.9. The van der Waals surface area contributed by atoms with Gasteiger partial charge in [0.1, 0.15) is 11.5 Å².